The Hall–Kier alpha value is -3.85. The number of ether oxygens (including phenoxy) is 1. The predicted octanol–water partition coefficient (Wildman–Crippen LogP) is 5.29. The van der Waals surface area contributed by atoms with E-state index in [2.05, 4.69) is 11.4 Å². The van der Waals surface area contributed by atoms with Crippen molar-refractivity contribution in [3.05, 3.63) is 71.9 Å². The van der Waals surface area contributed by atoms with Gasteiger partial charge in [0.1, 0.15) is 23.1 Å². The first-order valence-corrected chi connectivity index (χ1v) is 11.5. The summed E-state index contributed by atoms with van der Waals surface area (Å²) in [7, 11) is 0. The summed E-state index contributed by atoms with van der Waals surface area (Å²) in [6.45, 7) is 2.50. The van der Waals surface area contributed by atoms with Crippen LogP contribution in [0.25, 0.3) is 23.0 Å². The van der Waals surface area contributed by atoms with Crippen LogP contribution in [0, 0.1) is 11.3 Å². The van der Waals surface area contributed by atoms with Crippen LogP contribution in [0.3, 0.4) is 0 Å². The van der Waals surface area contributed by atoms with E-state index in [0.717, 1.165) is 42.7 Å². The highest BCUT2D eigenvalue weighted by Gasteiger charge is 2.20. The summed E-state index contributed by atoms with van der Waals surface area (Å²) in [6, 6.07) is 19.7. The van der Waals surface area contributed by atoms with Crippen molar-refractivity contribution in [3.8, 4) is 28.8 Å². The van der Waals surface area contributed by atoms with Crippen LogP contribution in [0.1, 0.15) is 44.6 Å². The number of benzene rings is 2. The maximum absolute atomic E-state index is 12.9. The van der Waals surface area contributed by atoms with Gasteiger partial charge in [0, 0.05) is 23.4 Å². The van der Waals surface area contributed by atoms with Crippen LogP contribution in [-0.2, 0) is 4.79 Å². The maximum atomic E-state index is 12.9. The molecule has 0 aliphatic heterocycles. The molecule has 168 valence electrons. The molecule has 1 aliphatic carbocycles. The van der Waals surface area contributed by atoms with Gasteiger partial charge < -0.3 is 10.1 Å². The molecule has 0 saturated heterocycles. The molecule has 1 aliphatic rings. The van der Waals surface area contributed by atoms with Gasteiger partial charge in [0.25, 0.3) is 5.91 Å². The smallest absolute Gasteiger partial charge is 0.262 e. The Kier molecular flexibility index (Phi) is 7.21. The second kappa shape index (κ2) is 10.6. The van der Waals surface area contributed by atoms with Gasteiger partial charge in [0.2, 0.25) is 0 Å². The van der Waals surface area contributed by atoms with Gasteiger partial charge in [-0.2, -0.15) is 10.4 Å². The van der Waals surface area contributed by atoms with Crippen LogP contribution < -0.4 is 10.1 Å². The third-order valence-corrected chi connectivity index (χ3v) is 5.79. The number of nitrogens with one attached hydrogen (secondary N) is 1. The zero-order valence-electron chi connectivity index (χ0n) is 18.8. The summed E-state index contributed by atoms with van der Waals surface area (Å²) < 4.78 is 7.42. The molecule has 0 bridgehead atoms. The maximum Gasteiger partial charge on any atom is 0.262 e. The quantitative estimate of drug-likeness (QED) is 0.400. The van der Waals surface area contributed by atoms with Crippen molar-refractivity contribution in [1.29, 1.82) is 5.26 Å². The van der Waals surface area contributed by atoms with E-state index in [9.17, 15) is 10.1 Å². The van der Waals surface area contributed by atoms with Crippen molar-refractivity contribution in [2.45, 2.75) is 45.1 Å². The van der Waals surface area contributed by atoms with E-state index in [4.69, 9.17) is 9.84 Å². The topological polar surface area (TPSA) is 79.9 Å². The predicted molar refractivity (Wildman–Crippen MR) is 129 cm³/mol. The Morgan fingerprint density at radius 2 is 1.97 bits per heavy atom. The Balaban J connectivity index is 1.72. The van der Waals surface area contributed by atoms with Gasteiger partial charge in [0.05, 0.1) is 12.3 Å². The van der Waals surface area contributed by atoms with E-state index >= 15 is 0 Å². The van der Waals surface area contributed by atoms with Crippen LogP contribution in [0.2, 0.25) is 0 Å². The Labute approximate surface area is 194 Å². The van der Waals surface area contributed by atoms with E-state index in [1.165, 1.54) is 6.42 Å². The number of amides is 1. The van der Waals surface area contributed by atoms with Crippen LogP contribution in [0.4, 0.5) is 0 Å². The average molecular weight is 441 g/mol. The Morgan fingerprint density at radius 1 is 1.18 bits per heavy atom. The zero-order valence-corrected chi connectivity index (χ0v) is 18.8. The summed E-state index contributed by atoms with van der Waals surface area (Å²) in [5, 5.41) is 17.6. The second-order valence-electron chi connectivity index (χ2n) is 8.15. The van der Waals surface area contributed by atoms with Gasteiger partial charge in [-0.15, -0.1) is 0 Å². The molecular weight excluding hydrogens is 412 g/mol. The molecule has 0 atom stereocenters. The SMILES string of the molecule is CCOc1cccc(-c2nn(-c3ccccc3)cc2C=C(C#N)C(=O)NC2CCCCC2)c1. The molecule has 1 aromatic heterocycles. The normalized spacial score (nSPS) is 14.5. The van der Waals surface area contributed by atoms with Crippen molar-refractivity contribution >= 4 is 12.0 Å². The van der Waals surface area contributed by atoms with Crippen molar-refractivity contribution in [1.82, 2.24) is 15.1 Å². The Morgan fingerprint density at radius 3 is 2.70 bits per heavy atom. The molecule has 0 unspecified atom stereocenters. The standard InChI is InChI=1S/C27H28N4O2/c1-2-33-25-15-9-10-20(17-25)26-22(19-31(30-26)24-13-7-4-8-14-24)16-21(18-28)27(32)29-23-11-5-3-6-12-23/h4,7-10,13-17,19,23H,2-3,5-6,11-12H2,1H3,(H,29,32). The largest absolute Gasteiger partial charge is 0.494 e. The number of carbonyl (C=O) groups is 1. The van der Waals surface area contributed by atoms with Gasteiger partial charge in [-0.25, -0.2) is 4.68 Å². The molecule has 2 aromatic carbocycles. The number of para-hydroxylation sites is 1. The monoisotopic (exact) mass is 440 g/mol. The van der Waals surface area contributed by atoms with Crippen LogP contribution in [0.5, 0.6) is 5.75 Å². The summed E-state index contributed by atoms with van der Waals surface area (Å²) in [6.07, 6.45) is 8.84. The zero-order chi connectivity index (χ0) is 23.0. The van der Waals surface area contributed by atoms with Gasteiger partial charge in [-0.1, -0.05) is 49.6 Å². The summed E-state index contributed by atoms with van der Waals surface area (Å²) in [5.74, 6) is 0.417. The summed E-state index contributed by atoms with van der Waals surface area (Å²) >= 11 is 0. The fourth-order valence-corrected chi connectivity index (χ4v) is 4.14. The Bertz CT molecular complexity index is 1170. The summed E-state index contributed by atoms with van der Waals surface area (Å²) in [5.41, 5.74) is 3.20. The molecule has 6 heteroatoms. The molecule has 0 radical (unpaired) electrons. The molecule has 1 saturated carbocycles. The molecule has 0 spiro atoms. The number of nitrogens with zero attached hydrogens (tertiary/aromatic N) is 3. The fraction of sp³-hybridized carbons (Fsp3) is 0.296. The molecule has 1 amide bonds. The minimum Gasteiger partial charge on any atom is -0.494 e. The molecule has 1 heterocycles. The lowest BCUT2D eigenvalue weighted by Crippen LogP contribution is -2.36. The molecule has 3 aromatic rings. The van der Waals surface area contributed by atoms with Crippen LogP contribution in [0.15, 0.2) is 66.4 Å². The molecule has 1 N–H and O–H groups in total. The summed E-state index contributed by atoms with van der Waals surface area (Å²) in [4.78, 5) is 12.9. The van der Waals surface area contributed by atoms with E-state index < -0.39 is 0 Å². The first kappa shape index (κ1) is 22.3. The lowest BCUT2D eigenvalue weighted by molar-refractivity contribution is -0.117. The highest BCUT2D eigenvalue weighted by molar-refractivity contribution is 6.02. The molecule has 33 heavy (non-hydrogen) atoms. The van der Waals surface area contributed by atoms with E-state index in [1.54, 1.807) is 10.8 Å². The van der Waals surface area contributed by atoms with Crippen molar-refractivity contribution in [3.63, 3.8) is 0 Å². The molecule has 1 fully saturated rings. The number of nitriles is 1. The van der Waals surface area contributed by atoms with Crippen LogP contribution >= 0.6 is 0 Å². The second-order valence-corrected chi connectivity index (χ2v) is 8.15. The number of aromatic nitrogens is 2. The first-order chi connectivity index (χ1) is 16.2. The fourth-order valence-electron chi connectivity index (χ4n) is 4.14. The van der Waals surface area contributed by atoms with Crippen molar-refractivity contribution in [2.75, 3.05) is 6.61 Å². The molecule has 4 rings (SSSR count). The third kappa shape index (κ3) is 5.50. The first-order valence-electron chi connectivity index (χ1n) is 11.5. The lowest BCUT2D eigenvalue weighted by Gasteiger charge is -2.22. The third-order valence-electron chi connectivity index (χ3n) is 5.79. The van der Waals surface area contributed by atoms with Gasteiger partial charge in [0.15, 0.2) is 0 Å². The van der Waals surface area contributed by atoms with Crippen molar-refractivity contribution in [2.24, 2.45) is 0 Å². The van der Waals surface area contributed by atoms with Crippen LogP contribution in [-0.4, -0.2) is 28.3 Å². The molecular formula is C27H28N4O2. The minimum atomic E-state index is -0.328. The lowest BCUT2D eigenvalue weighted by atomic mass is 9.95. The number of hydrogen-bond donors (Lipinski definition) is 1. The van der Waals surface area contributed by atoms with Gasteiger partial charge >= 0.3 is 0 Å². The number of rotatable bonds is 7. The number of hydrogen-bond acceptors (Lipinski definition) is 4. The number of carbonyl (C=O) groups excluding carboxylic acids is 1. The van der Waals surface area contributed by atoms with E-state index in [0.29, 0.717) is 17.9 Å². The highest BCUT2D eigenvalue weighted by Crippen LogP contribution is 2.29. The van der Waals surface area contributed by atoms with Gasteiger partial charge in [-0.05, 0) is 50.1 Å². The molecule has 6 nitrogen and oxygen atoms in total. The highest BCUT2D eigenvalue weighted by atomic mass is 16.5. The minimum absolute atomic E-state index is 0.0791. The van der Waals surface area contributed by atoms with E-state index in [-0.39, 0.29) is 17.5 Å². The average Bonchev–Trinajstić information content (AvgIpc) is 3.28. The van der Waals surface area contributed by atoms with Gasteiger partial charge in [-0.3, -0.25) is 4.79 Å². The van der Waals surface area contributed by atoms with Crippen molar-refractivity contribution < 1.29 is 9.53 Å². The van der Waals surface area contributed by atoms with E-state index in [1.807, 2.05) is 67.7 Å².